The number of rotatable bonds is 35. The van der Waals surface area contributed by atoms with Crippen molar-refractivity contribution in [1.29, 1.82) is 0 Å². The quantitative estimate of drug-likeness (QED) is 0.0214. The third kappa shape index (κ3) is 19.1. The average Bonchev–Trinajstić information content (AvgIpc) is 1.23. The molecule has 4 atom stereocenters. The fourth-order valence-electron chi connectivity index (χ4n) is 14.5. The molecule has 5 N–H and O–H groups in total. The van der Waals surface area contributed by atoms with Crippen LogP contribution in [0.1, 0.15) is 140 Å². The number of carbonyl (C=O) groups is 5. The van der Waals surface area contributed by atoms with Crippen molar-refractivity contribution in [3.05, 3.63) is 251 Å². The van der Waals surface area contributed by atoms with Gasteiger partial charge in [0, 0.05) is 44.7 Å². The number of amides is 3. The molecule has 0 bridgehead atoms. The van der Waals surface area contributed by atoms with Crippen LogP contribution in [0.4, 0.5) is 4.79 Å². The van der Waals surface area contributed by atoms with Gasteiger partial charge in [0.2, 0.25) is 11.8 Å². The number of Topliss-reactive ketones (excluding diaryl/α,β-unsaturated/α-hetero) is 2. The van der Waals surface area contributed by atoms with E-state index in [4.69, 9.17) is 38.9 Å². The summed E-state index contributed by atoms with van der Waals surface area (Å²) in [4.78, 5) is 67.1. The second-order valence-corrected chi connectivity index (χ2v) is 26.6. The van der Waals surface area contributed by atoms with Gasteiger partial charge in [-0.2, -0.15) is 0 Å². The molecule has 0 spiro atoms. The van der Waals surface area contributed by atoms with Crippen LogP contribution in [0.5, 0.6) is 23.0 Å². The van der Waals surface area contributed by atoms with E-state index in [-0.39, 0.29) is 80.8 Å². The second-order valence-electron chi connectivity index (χ2n) is 26.6. The molecule has 18 heteroatoms. The number of unbranched alkanes of at least 4 members (excludes halogenated alkanes) is 6. The van der Waals surface area contributed by atoms with E-state index in [1.54, 1.807) is 38.2 Å². The van der Waals surface area contributed by atoms with E-state index < -0.39 is 29.5 Å². The van der Waals surface area contributed by atoms with Crippen LogP contribution in [0, 0.1) is 0 Å². The monoisotopic (exact) mass is 1400 g/mol. The Kier molecular flexibility index (Phi) is 27.6. The van der Waals surface area contributed by atoms with Crippen molar-refractivity contribution < 1.29 is 67.3 Å². The lowest BCUT2D eigenvalue weighted by molar-refractivity contribution is -0.135. The molecular weight excluding hydrogens is 1300 g/mol. The van der Waals surface area contributed by atoms with Gasteiger partial charge in [0.25, 0.3) is 0 Å². The fourth-order valence-corrected chi connectivity index (χ4v) is 14.5. The van der Waals surface area contributed by atoms with Gasteiger partial charge in [-0.05, 0) is 143 Å². The first-order valence-electron chi connectivity index (χ1n) is 36.0. The van der Waals surface area contributed by atoms with Gasteiger partial charge in [-0.15, -0.1) is 0 Å². The number of nitrogens with one attached hydrogen (secondary N) is 1. The van der Waals surface area contributed by atoms with Crippen LogP contribution in [-0.4, -0.2) is 148 Å². The van der Waals surface area contributed by atoms with Gasteiger partial charge in [0.15, 0.2) is 5.78 Å². The zero-order valence-electron chi connectivity index (χ0n) is 59.6. The van der Waals surface area contributed by atoms with Crippen molar-refractivity contribution in [1.82, 2.24) is 15.1 Å². The molecule has 3 aliphatic rings. The summed E-state index contributed by atoms with van der Waals surface area (Å²) in [6, 6.07) is 67.1. The summed E-state index contributed by atoms with van der Waals surface area (Å²) in [6.45, 7) is 1.17. The van der Waals surface area contributed by atoms with Crippen molar-refractivity contribution in [2.45, 2.75) is 131 Å². The lowest BCUT2D eigenvalue weighted by atomic mass is 9.80. The zero-order valence-corrected chi connectivity index (χ0v) is 59.6. The van der Waals surface area contributed by atoms with Crippen molar-refractivity contribution in [2.24, 2.45) is 5.73 Å². The molecule has 18 nitrogen and oxygen atoms in total. The van der Waals surface area contributed by atoms with Crippen LogP contribution in [-0.2, 0) is 44.6 Å². The Morgan fingerprint density at radius 2 is 0.748 bits per heavy atom. The molecule has 2 fully saturated rings. The van der Waals surface area contributed by atoms with E-state index in [0.29, 0.717) is 57.9 Å². The number of aliphatic hydroxyl groups is 2. The number of nitrogens with two attached hydrogens (primary N) is 1. The Labute approximate surface area is 605 Å². The number of ketones is 2. The molecule has 3 amide bonds. The van der Waals surface area contributed by atoms with Crippen LogP contribution in [0.15, 0.2) is 206 Å². The van der Waals surface area contributed by atoms with Crippen molar-refractivity contribution in [3.63, 3.8) is 0 Å². The van der Waals surface area contributed by atoms with Gasteiger partial charge in [-0.1, -0.05) is 183 Å². The SMILES string of the molecule is COc1ccc(C(OC[C@@H]2C[C@@H](O)CN2C(=O)CCCCCCC(=O)CN)(c2ccccc2)c2ccc(OC)cc2)cc1.COc1ccc(C(OC[C@@H]2C[C@@H](O)CN2C(=O)CCCCCCC(=O)CNC(=O)OCC2c3ccccc3-c3ccccc32)(c2ccccc2)c2ccc(OC)cc2)cc1. The van der Waals surface area contributed by atoms with Gasteiger partial charge in [0.05, 0.1) is 79.0 Å². The molecule has 1 aliphatic carbocycles. The fraction of sp³-hybridized carbons (Fsp3) is 0.376. The highest BCUT2D eigenvalue weighted by molar-refractivity contribution is 5.84. The van der Waals surface area contributed by atoms with E-state index >= 15 is 0 Å². The Bertz CT molecular complexity index is 3870. The molecule has 2 heterocycles. The van der Waals surface area contributed by atoms with E-state index in [9.17, 15) is 34.2 Å². The Balaban J connectivity index is 0.000000234. The van der Waals surface area contributed by atoms with E-state index in [0.717, 1.165) is 117 Å². The molecule has 542 valence electrons. The number of β-amino-alcohol motifs (C(OH)–C–C–N with tert-alkyl or cyclic N) is 2. The third-order valence-corrected chi connectivity index (χ3v) is 20.0. The first-order chi connectivity index (χ1) is 50.2. The van der Waals surface area contributed by atoms with E-state index in [1.807, 2.05) is 182 Å². The second kappa shape index (κ2) is 37.5. The van der Waals surface area contributed by atoms with Crippen LogP contribution in [0.3, 0.4) is 0 Å². The van der Waals surface area contributed by atoms with E-state index in [1.165, 1.54) is 0 Å². The van der Waals surface area contributed by atoms with Crippen LogP contribution in [0.25, 0.3) is 11.1 Å². The number of hydrogen-bond acceptors (Lipinski definition) is 15. The number of benzene rings is 8. The smallest absolute Gasteiger partial charge is 0.407 e. The molecule has 2 saturated heterocycles. The number of hydrogen-bond donors (Lipinski definition) is 4. The number of ether oxygens (including phenoxy) is 7. The molecule has 103 heavy (non-hydrogen) atoms. The van der Waals surface area contributed by atoms with Gasteiger partial charge in [-0.3, -0.25) is 19.2 Å². The lowest BCUT2D eigenvalue weighted by Crippen LogP contribution is -2.42. The molecule has 0 saturated carbocycles. The van der Waals surface area contributed by atoms with Crippen molar-refractivity contribution >= 4 is 29.5 Å². The van der Waals surface area contributed by atoms with Crippen LogP contribution < -0.4 is 30.0 Å². The largest absolute Gasteiger partial charge is 0.497 e. The standard InChI is InChI=1S/C50H54N2O8.C35H44N2O6/c1-57-41-26-22-36(23-27-41)50(35-14-6-5-7-15-35,37-24-28-42(58-2)29-25-37)60-33-38-30-40(54)32-52(38)48(55)21-9-4-3-8-16-39(53)31-51-49(56)59-34-47-45-19-12-10-17-43(45)44-18-11-13-20-46(44)47;1-41-32-18-14-27(15-19-32)35(26-10-6-5-7-11-26,28-16-20-33(42-2)21-17-28)43-25-29-22-31(39)24-37(29)34(40)13-9-4-3-8-12-30(38)23-36/h5-7,10-15,17-20,22-29,38,40,47,54H,3-4,8-9,16,21,30-34H2,1-2H3,(H,51,56);5-7,10-11,14-21,29,31,39H,3-4,8-9,12-13,22-25,36H2,1-2H3/t38-,40+;29-,31+/m00/s1. The molecule has 2 aliphatic heterocycles. The predicted molar refractivity (Wildman–Crippen MR) is 396 cm³/mol. The molecule has 8 aromatic carbocycles. The number of fused-ring (bicyclic) bond motifs is 3. The average molecular weight is 1400 g/mol. The maximum Gasteiger partial charge on any atom is 0.407 e. The maximum absolute atomic E-state index is 13.7. The minimum Gasteiger partial charge on any atom is -0.497 e. The summed E-state index contributed by atoms with van der Waals surface area (Å²) in [5.41, 5.74) is 13.4. The van der Waals surface area contributed by atoms with Crippen molar-refractivity contribution in [2.75, 3.05) is 74.4 Å². The summed E-state index contributed by atoms with van der Waals surface area (Å²) >= 11 is 0. The molecular formula is C85H98N4O14. The van der Waals surface area contributed by atoms with Gasteiger partial charge < -0.3 is 64.2 Å². The predicted octanol–water partition coefficient (Wildman–Crippen LogP) is 13.3. The van der Waals surface area contributed by atoms with Gasteiger partial charge in [-0.25, -0.2) is 4.79 Å². The number of likely N-dealkylation sites (tertiary alicyclic amines) is 2. The molecule has 11 rings (SSSR count). The normalized spacial score (nSPS) is 16.2. The molecule has 0 radical (unpaired) electrons. The first-order valence-corrected chi connectivity index (χ1v) is 36.0. The topological polar surface area (TPSA) is 235 Å². The Morgan fingerprint density at radius 1 is 0.417 bits per heavy atom. The van der Waals surface area contributed by atoms with Gasteiger partial charge in [0.1, 0.15) is 46.6 Å². The minimum atomic E-state index is -1.04. The van der Waals surface area contributed by atoms with Crippen LogP contribution in [0.2, 0.25) is 0 Å². The summed E-state index contributed by atoms with van der Waals surface area (Å²) in [6.07, 6.45) is 6.73. The molecule has 8 aromatic rings. The first kappa shape index (κ1) is 76.0. The number of alkyl carbamates (subject to hydrolysis) is 1. The summed E-state index contributed by atoms with van der Waals surface area (Å²) in [5, 5.41) is 24.0. The number of methoxy groups -OCH3 is 4. The van der Waals surface area contributed by atoms with E-state index in [2.05, 4.69) is 29.6 Å². The Hall–Kier alpha value is -9.69. The minimum absolute atomic E-state index is 0.0161. The summed E-state index contributed by atoms with van der Waals surface area (Å²) < 4.78 is 41.5. The maximum atomic E-state index is 13.7. The number of nitrogens with zero attached hydrogens (tertiary/aromatic N) is 2. The van der Waals surface area contributed by atoms with Gasteiger partial charge >= 0.3 is 6.09 Å². The molecule has 0 unspecified atom stereocenters. The highest BCUT2D eigenvalue weighted by Gasteiger charge is 2.44. The lowest BCUT2D eigenvalue weighted by Gasteiger charge is -2.38. The summed E-state index contributed by atoms with van der Waals surface area (Å²) in [5.74, 6) is 2.87. The third-order valence-electron chi connectivity index (χ3n) is 20.0. The zero-order chi connectivity index (χ0) is 72.6. The van der Waals surface area contributed by atoms with Crippen molar-refractivity contribution in [3.8, 4) is 34.1 Å². The summed E-state index contributed by atoms with van der Waals surface area (Å²) in [7, 11) is 6.54. The highest BCUT2D eigenvalue weighted by atomic mass is 16.5. The Morgan fingerprint density at radius 3 is 1.11 bits per heavy atom. The number of carbonyl (C=O) groups excluding carboxylic acids is 5. The number of aliphatic hydroxyl groups excluding tert-OH is 2. The van der Waals surface area contributed by atoms with Crippen LogP contribution >= 0.6 is 0 Å². The molecule has 0 aromatic heterocycles. The highest BCUT2D eigenvalue weighted by Crippen LogP contribution is 2.47.